The van der Waals surface area contributed by atoms with E-state index in [-0.39, 0.29) is 18.1 Å². The molecule has 0 amide bonds. The van der Waals surface area contributed by atoms with Crippen LogP contribution in [-0.2, 0) is 0 Å². The number of hydrogen-bond acceptors (Lipinski definition) is 6. The number of nitrogen functional groups attached to an aromatic ring is 1. The number of nitrogens with two attached hydrogens (primary N) is 1. The molecule has 0 radical (unpaired) electrons. The van der Waals surface area contributed by atoms with Crippen LogP contribution in [0.5, 0.6) is 0 Å². The van der Waals surface area contributed by atoms with Gasteiger partial charge in [-0.05, 0) is 19.3 Å². The fraction of sp³-hybridized carbons (Fsp3) is 0.500. The van der Waals surface area contributed by atoms with E-state index >= 15 is 0 Å². The van der Waals surface area contributed by atoms with Crippen LogP contribution in [0.4, 0.5) is 11.8 Å². The predicted molar refractivity (Wildman–Crippen MR) is 63.4 cm³/mol. The number of imidazole rings is 1. The van der Waals surface area contributed by atoms with E-state index in [1.54, 1.807) is 6.33 Å². The van der Waals surface area contributed by atoms with Gasteiger partial charge in [0.05, 0.1) is 18.5 Å². The number of aromatic nitrogens is 4. The average Bonchev–Trinajstić information content (AvgIpc) is 2.71. The number of nitrogens with one attached hydrogen (secondary N) is 2. The molecule has 2 aromatic heterocycles. The van der Waals surface area contributed by atoms with E-state index in [0.717, 1.165) is 24.8 Å². The van der Waals surface area contributed by atoms with Crippen molar-refractivity contribution in [3.05, 3.63) is 6.33 Å². The molecule has 0 unspecified atom stereocenters. The number of H-pyrrole nitrogens is 1. The lowest BCUT2D eigenvalue weighted by atomic mass is 9.77. The van der Waals surface area contributed by atoms with E-state index in [1.165, 1.54) is 0 Å². The lowest BCUT2D eigenvalue weighted by Gasteiger charge is -2.41. The molecule has 0 spiro atoms. The summed E-state index contributed by atoms with van der Waals surface area (Å²) in [6.45, 7) is 0.0898. The summed E-state index contributed by atoms with van der Waals surface area (Å²) in [5.41, 5.74) is 6.62. The monoisotopic (exact) mass is 234 g/mol. The molecular formula is C10H14N6O. The van der Waals surface area contributed by atoms with Gasteiger partial charge in [-0.2, -0.15) is 9.97 Å². The second-order valence-electron chi connectivity index (χ2n) is 4.45. The highest BCUT2D eigenvalue weighted by Gasteiger charge is 2.37. The molecule has 17 heavy (non-hydrogen) atoms. The van der Waals surface area contributed by atoms with Gasteiger partial charge >= 0.3 is 0 Å². The van der Waals surface area contributed by atoms with Crippen LogP contribution in [0.25, 0.3) is 11.2 Å². The van der Waals surface area contributed by atoms with Crippen LogP contribution in [0.2, 0.25) is 0 Å². The summed E-state index contributed by atoms with van der Waals surface area (Å²) in [4.78, 5) is 15.2. The highest BCUT2D eigenvalue weighted by atomic mass is 16.3. The first-order valence-electron chi connectivity index (χ1n) is 5.58. The molecule has 0 atom stereocenters. The van der Waals surface area contributed by atoms with E-state index in [0.29, 0.717) is 11.5 Å². The van der Waals surface area contributed by atoms with Crippen LogP contribution in [0.15, 0.2) is 6.33 Å². The molecule has 1 saturated carbocycles. The third-order valence-corrected chi connectivity index (χ3v) is 3.30. The number of fused-ring (bicyclic) bond motifs is 1. The van der Waals surface area contributed by atoms with Gasteiger partial charge in [-0.1, -0.05) is 0 Å². The van der Waals surface area contributed by atoms with Gasteiger partial charge < -0.3 is 21.1 Å². The zero-order valence-electron chi connectivity index (χ0n) is 9.27. The molecule has 0 aromatic carbocycles. The van der Waals surface area contributed by atoms with Crippen LogP contribution in [0.1, 0.15) is 19.3 Å². The second-order valence-corrected chi connectivity index (χ2v) is 4.45. The zero-order valence-corrected chi connectivity index (χ0v) is 9.27. The Labute approximate surface area is 97.5 Å². The van der Waals surface area contributed by atoms with Gasteiger partial charge in [0.25, 0.3) is 0 Å². The van der Waals surface area contributed by atoms with Gasteiger partial charge in [-0.25, -0.2) is 4.98 Å². The summed E-state index contributed by atoms with van der Waals surface area (Å²) in [5.74, 6) is 0.790. The number of aromatic amines is 1. The number of nitrogens with zero attached hydrogens (tertiary/aromatic N) is 3. The van der Waals surface area contributed by atoms with Crippen LogP contribution in [-0.4, -0.2) is 37.2 Å². The summed E-state index contributed by atoms with van der Waals surface area (Å²) in [6.07, 6.45) is 4.53. The van der Waals surface area contributed by atoms with Crippen molar-refractivity contribution in [1.82, 2.24) is 19.9 Å². The second kappa shape index (κ2) is 3.56. The largest absolute Gasteiger partial charge is 0.394 e. The highest BCUT2D eigenvalue weighted by Crippen LogP contribution is 2.35. The summed E-state index contributed by atoms with van der Waals surface area (Å²) in [6, 6.07) is 0. The van der Waals surface area contributed by atoms with Gasteiger partial charge in [-0.15, -0.1) is 0 Å². The van der Waals surface area contributed by atoms with E-state index in [4.69, 9.17) is 5.73 Å². The van der Waals surface area contributed by atoms with Crippen molar-refractivity contribution in [2.45, 2.75) is 24.8 Å². The SMILES string of the molecule is Nc1nc(NC2(CO)CCC2)c2[nH]cnc2n1. The molecule has 1 aliphatic rings. The molecular weight excluding hydrogens is 220 g/mol. The van der Waals surface area contributed by atoms with Gasteiger partial charge in [0.1, 0.15) is 5.52 Å². The average molecular weight is 234 g/mol. The minimum absolute atomic E-state index is 0.0898. The Kier molecular flexibility index (Phi) is 2.15. The molecule has 90 valence electrons. The zero-order chi connectivity index (χ0) is 11.9. The third kappa shape index (κ3) is 1.59. The van der Waals surface area contributed by atoms with Crippen molar-refractivity contribution in [1.29, 1.82) is 0 Å². The Bertz CT molecular complexity index is 541. The fourth-order valence-electron chi connectivity index (χ4n) is 2.12. The van der Waals surface area contributed by atoms with Crippen LogP contribution < -0.4 is 11.1 Å². The topological polar surface area (TPSA) is 113 Å². The Balaban J connectivity index is 2.01. The first-order valence-corrected chi connectivity index (χ1v) is 5.58. The molecule has 7 heteroatoms. The van der Waals surface area contributed by atoms with Crippen molar-refractivity contribution in [3.63, 3.8) is 0 Å². The maximum absolute atomic E-state index is 9.43. The van der Waals surface area contributed by atoms with Crippen molar-refractivity contribution in [3.8, 4) is 0 Å². The van der Waals surface area contributed by atoms with Crippen molar-refractivity contribution in [2.75, 3.05) is 17.7 Å². The maximum Gasteiger partial charge on any atom is 0.224 e. The van der Waals surface area contributed by atoms with Gasteiger partial charge in [0.2, 0.25) is 5.95 Å². The van der Waals surface area contributed by atoms with E-state index < -0.39 is 0 Å². The molecule has 1 aliphatic carbocycles. The fourth-order valence-corrected chi connectivity index (χ4v) is 2.12. The first kappa shape index (κ1) is 10.3. The van der Waals surface area contributed by atoms with Crippen molar-refractivity contribution in [2.24, 2.45) is 0 Å². The summed E-state index contributed by atoms with van der Waals surface area (Å²) in [5, 5.41) is 12.7. The molecule has 7 nitrogen and oxygen atoms in total. The minimum Gasteiger partial charge on any atom is -0.394 e. The van der Waals surface area contributed by atoms with Crippen LogP contribution in [0, 0.1) is 0 Å². The quantitative estimate of drug-likeness (QED) is 0.606. The van der Waals surface area contributed by atoms with Crippen LogP contribution in [0.3, 0.4) is 0 Å². The number of aliphatic hydroxyl groups excluding tert-OH is 1. The molecule has 0 bridgehead atoms. The van der Waals surface area contributed by atoms with E-state index in [9.17, 15) is 5.11 Å². The van der Waals surface area contributed by atoms with Gasteiger partial charge in [0, 0.05) is 0 Å². The van der Waals surface area contributed by atoms with Crippen molar-refractivity contribution < 1.29 is 5.11 Å². The summed E-state index contributed by atoms with van der Waals surface area (Å²) < 4.78 is 0. The molecule has 0 aliphatic heterocycles. The number of aliphatic hydroxyl groups is 1. The normalized spacial score (nSPS) is 17.9. The Morgan fingerprint density at radius 1 is 1.47 bits per heavy atom. The van der Waals surface area contributed by atoms with E-state index in [2.05, 4.69) is 25.3 Å². The number of anilines is 2. The predicted octanol–water partition coefficient (Wildman–Crippen LogP) is 0.262. The standard InChI is InChI=1S/C10H14N6O/c11-9-14-7-6(12-5-13-7)8(15-9)16-10(4-17)2-1-3-10/h5,17H,1-4H2,(H4,11,12,13,14,15,16). The highest BCUT2D eigenvalue weighted by molar-refractivity contribution is 5.83. The Morgan fingerprint density at radius 2 is 2.29 bits per heavy atom. The summed E-state index contributed by atoms with van der Waals surface area (Å²) in [7, 11) is 0. The Morgan fingerprint density at radius 3 is 2.94 bits per heavy atom. The molecule has 2 heterocycles. The number of hydrogen-bond donors (Lipinski definition) is 4. The van der Waals surface area contributed by atoms with Gasteiger partial charge in [-0.3, -0.25) is 0 Å². The smallest absolute Gasteiger partial charge is 0.224 e. The van der Waals surface area contributed by atoms with Crippen LogP contribution >= 0.6 is 0 Å². The third-order valence-electron chi connectivity index (χ3n) is 3.30. The molecule has 3 rings (SSSR count). The summed E-state index contributed by atoms with van der Waals surface area (Å²) >= 11 is 0. The number of rotatable bonds is 3. The molecule has 1 fully saturated rings. The van der Waals surface area contributed by atoms with Gasteiger partial charge in [0.15, 0.2) is 11.5 Å². The minimum atomic E-state index is -0.265. The lowest BCUT2D eigenvalue weighted by Crippen LogP contribution is -2.48. The van der Waals surface area contributed by atoms with Crippen molar-refractivity contribution >= 4 is 22.9 Å². The molecule has 0 saturated heterocycles. The Hall–Kier alpha value is -1.89. The molecule has 2 aromatic rings. The lowest BCUT2D eigenvalue weighted by molar-refractivity contribution is 0.144. The first-order chi connectivity index (χ1) is 8.22. The van der Waals surface area contributed by atoms with E-state index in [1.807, 2.05) is 0 Å². The maximum atomic E-state index is 9.43. The molecule has 5 N–H and O–H groups in total.